The van der Waals surface area contributed by atoms with Crippen LogP contribution in [0.1, 0.15) is 24.8 Å². The highest BCUT2D eigenvalue weighted by Gasteiger charge is 2.09. The maximum atomic E-state index is 6.07. The number of benzene rings is 1. The quantitative estimate of drug-likeness (QED) is 0.695. The largest absolute Gasteiger partial charge is 0.103 e. The maximum Gasteiger partial charge on any atom is 0.103 e. The molecule has 3 heteroatoms. The van der Waals surface area contributed by atoms with Gasteiger partial charge in [-0.2, -0.15) is 0 Å². The highest BCUT2D eigenvalue weighted by molar-refractivity contribution is 6.55. The number of hydrogen-bond acceptors (Lipinski definition) is 0. The molecule has 1 aromatic carbocycles. The highest BCUT2D eigenvalue weighted by atomic mass is 35.5. The van der Waals surface area contributed by atoms with Crippen LogP contribution in [0.5, 0.6) is 0 Å². The molecule has 0 aliphatic carbocycles. The molecule has 0 fully saturated rings. The molecule has 0 amide bonds. The molecule has 0 aliphatic rings. The standard InChI is InChI=1S/C11H11Cl3/c1-2-8(7-11(13)14)9-5-3-4-6-10(9)12/h3-8H,2H2,1H3. The molecular formula is C11H11Cl3. The van der Waals surface area contributed by atoms with Crippen molar-refractivity contribution >= 4 is 34.8 Å². The summed E-state index contributed by atoms with van der Waals surface area (Å²) in [5, 5.41) is 0.755. The van der Waals surface area contributed by atoms with Gasteiger partial charge in [0.25, 0.3) is 0 Å². The molecule has 76 valence electrons. The Balaban J connectivity index is 3.01. The topological polar surface area (TPSA) is 0 Å². The van der Waals surface area contributed by atoms with E-state index in [1.807, 2.05) is 30.3 Å². The van der Waals surface area contributed by atoms with E-state index in [0.717, 1.165) is 17.0 Å². The van der Waals surface area contributed by atoms with E-state index in [4.69, 9.17) is 34.8 Å². The highest BCUT2D eigenvalue weighted by Crippen LogP contribution is 2.29. The second-order valence-electron chi connectivity index (χ2n) is 2.99. The van der Waals surface area contributed by atoms with Gasteiger partial charge in [-0.3, -0.25) is 0 Å². The second kappa shape index (κ2) is 5.65. The molecule has 1 rings (SSSR count). The van der Waals surface area contributed by atoms with Gasteiger partial charge in [0.1, 0.15) is 4.49 Å². The number of rotatable bonds is 3. The number of halogens is 3. The van der Waals surface area contributed by atoms with E-state index in [1.165, 1.54) is 0 Å². The first-order valence-corrected chi connectivity index (χ1v) is 5.55. The fourth-order valence-corrected chi connectivity index (χ4v) is 1.94. The molecule has 1 atom stereocenters. The van der Waals surface area contributed by atoms with Crippen molar-refractivity contribution in [2.24, 2.45) is 0 Å². The van der Waals surface area contributed by atoms with Crippen LogP contribution in [0, 0.1) is 0 Å². The minimum Gasteiger partial charge on any atom is -0.0840 e. The molecule has 14 heavy (non-hydrogen) atoms. The summed E-state index contributed by atoms with van der Waals surface area (Å²) < 4.78 is 0.289. The summed E-state index contributed by atoms with van der Waals surface area (Å²) in [6.45, 7) is 2.07. The predicted octanol–water partition coefficient (Wildman–Crippen LogP) is 5.15. The van der Waals surface area contributed by atoms with Crippen molar-refractivity contribution in [2.45, 2.75) is 19.3 Å². The van der Waals surface area contributed by atoms with Crippen LogP contribution in [0.25, 0.3) is 0 Å². The van der Waals surface area contributed by atoms with Gasteiger partial charge < -0.3 is 0 Å². The van der Waals surface area contributed by atoms with E-state index in [2.05, 4.69) is 6.92 Å². The van der Waals surface area contributed by atoms with Gasteiger partial charge in [0.2, 0.25) is 0 Å². The SMILES string of the molecule is CCC(C=C(Cl)Cl)c1ccccc1Cl. The minimum atomic E-state index is 0.189. The average molecular weight is 250 g/mol. The summed E-state index contributed by atoms with van der Waals surface area (Å²) in [6, 6.07) is 7.73. The van der Waals surface area contributed by atoms with Crippen LogP contribution >= 0.6 is 34.8 Å². The van der Waals surface area contributed by atoms with E-state index in [0.29, 0.717) is 0 Å². The fourth-order valence-electron chi connectivity index (χ4n) is 1.36. The third-order valence-corrected chi connectivity index (χ3v) is 2.67. The summed E-state index contributed by atoms with van der Waals surface area (Å²) in [5.74, 6) is 0.189. The predicted molar refractivity (Wildman–Crippen MR) is 64.3 cm³/mol. The third kappa shape index (κ3) is 3.20. The Labute approximate surface area is 99.5 Å². The Morgan fingerprint density at radius 1 is 1.36 bits per heavy atom. The molecule has 0 saturated carbocycles. The van der Waals surface area contributed by atoms with Crippen LogP contribution in [0.2, 0.25) is 5.02 Å². The summed E-state index contributed by atoms with van der Waals surface area (Å²) >= 11 is 17.3. The lowest BCUT2D eigenvalue weighted by molar-refractivity contribution is 0.805. The molecule has 0 N–H and O–H groups in total. The van der Waals surface area contributed by atoms with E-state index in [9.17, 15) is 0 Å². The first kappa shape index (κ1) is 11.9. The molecule has 1 aromatic rings. The van der Waals surface area contributed by atoms with Gasteiger partial charge in [0, 0.05) is 10.9 Å². The Morgan fingerprint density at radius 3 is 2.50 bits per heavy atom. The van der Waals surface area contributed by atoms with Gasteiger partial charge in [0.05, 0.1) is 0 Å². The lowest BCUT2D eigenvalue weighted by atomic mass is 9.97. The first-order valence-electron chi connectivity index (χ1n) is 4.42. The van der Waals surface area contributed by atoms with Crippen molar-refractivity contribution in [3.05, 3.63) is 45.4 Å². The van der Waals surface area contributed by atoms with Crippen molar-refractivity contribution in [3.63, 3.8) is 0 Å². The molecule has 1 unspecified atom stereocenters. The van der Waals surface area contributed by atoms with Crippen molar-refractivity contribution in [3.8, 4) is 0 Å². The molecule has 0 bridgehead atoms. The van der Waals surface area contributed by atoms with E-state index in [1.54, 1.807) is 0 Å². The van der Waals surface area contributed by atoms with Gasteiger partial charge >= 0.3 is 0 Å². The van der Waals surface area contributed by atoms with E-state index in [-0.39, 0.29) is 10.4 Å². The van der Waals surface area contributed by atoms with Crippen molar-refractivity contribution in [1.29, 1.82) is 0 Å². The van der Waals surface area contributed by atoms with E-state index >= 15 is 0 Å². The second-order valence-corrected chi connectivity index (χ2v) is 4.41. The summed E-state index contributed by atoms with van der Waals surface area (Å²) in [5.41, 5.74) is 1.07. The molecule has 0 aliphatic heterocycles. The molecule has 0 radical (unpaired) electrons. The van der Waals surface area contributed by atoms with Gasteiger partial charge in [0.15, 0.2) is 0 Å². The van der Waals surface area contributed by atoms with Crippen LogP contribution in [0.4, 0.5) is 0 Å². The normalized spacial score (nSPS) is 12.3. The zero-order valence-electron chi connectivity index (χ0n) is 7.81. The van der Waals surface area contributed by atoms with Crippen LogP contribution in [0.15, 0.2) is 34.8 Å². The van der Waals surface area contributed by atoms with Crippen molar-refractivity contribution < 1.29 is 0 Å². The molecular weight excluding hydrogens is 238 g/mol. The fraction of sp³-hybridized carbons (Fsp3) is 0.273. The molecule has 0 nitrogen and oxygen atoms in total. The van der Waals surface area contributed by atoms with Gasteiger partial charge in [-0.25, -0.2) is 0 Å². The van der Waals surface area contributed by atoms with Crippen LogP contribution < -0.4 is 0 Å². The summed E-state index contributed by atoms with van der Waals surface area (Å²) in [6.07, 6.45) is 2.73. The van der Waals surface area contributed by atoms with Crippen molar-refractivity contribution in [2.75, 3.05) is 0 Å². The van der Waals surface area contributed by atoms with Crippen LogP contribution in [-0.4, -0.2) is 0 Å². The van der Waals surface area contributed by atoms with Gasteiger partial charge in [-0.05, 0) is 24.1 Å². The monoisotopic (exact) mass is 248 g/mol. The van der Waals surface area contributed by atoms with Crippen LogP contribution in [0.3, 0.4) is 0 Å². The molecule has 0 aromatic heterocycles. The number of allylic oxidation sites excluding steroid dienone is 1. The molecule has 0 heterocycles. The molecule has 0 saturated heterocycles. The summed E-state index contributed by atoms with van der Waals surface area (Å²) in [7, 11) is 0. The Bertz CT molecular complexity index is 327. The first-order chi connectivity index (χ1) is 6.65. The van der Waals surface area contributed by atoms with Crippen LogP contribution in [-0.2, 0) is 0 Å². The Morgan fingerprint density at radius 2 is 2.00 bits per heavy atom. The smallest absolute Gasteiger partial charge is 0.0840 e. The average Bonchev–Trinajstić information content (AvgIpc) is 2.15. The van der Waals surface area contributed by atoms with Crippen molar-refractivity contribution in [1.82, 2.24) is 0 Å². The Hall–Kier alpha value is -0.170. The Kier molecular flexibility index (Phi) is 4.80. The zero-order valence-corrected chi connectivity index (χ0v) is 10.1. The summed E-state index contributed by atoms with van der Waals surface area (Å²) in [4.78, 5) is 0. The minimum absolute atomic E-state index is 0.189. The van der Waals surface area contributed by atoms with Gasteiger partial charge in [-0.1, -0.05) is 59.9 Å². The third-order valence-electron chi connectivity index (χ3n) is 2.07. The molecule has 0 spiro atoms. The van der Waals surface area contributed by atoms with Gasteiger partial charge in [-0.15, -0.1) is 0 Å². The number of hydrogen-bond donors (Lipinski definition) is 0. The zero-order chi connectivity index (χ0) is 10.6. The lowest BCUT2D eigenvalue weighted by Crippen LogP contribution is -1.94. The lowest BCUT2D eigenvalue weighted by Gasteiger charge is -2.12. The maximum absolute atomic E-state index is 6.07. The van der Waals surface area contributed by atoms with E-state index < -0.39 is 0 Å².